The van der Waals surface area contributed by atoms with Crippen LogP contribution in [0.25, 0.3) is 10.9 Å². The van der Waals surface area contributed by atoms with E-state index in [0.29, 0.717) is 0 Å². The van der Waals surface area contributed by atoms with Crippen molar-refractivity contribution in [2.24, 2.45) is 0 Å². The van der Waals surface area contributed by atoms with Gasteiger partial charge in [0.05, 0.1) is 5.52 Å². The minimum Gasteiger partial charge on any atom is -0.477 e. The summed E-state index contributed by atoms with van der Waals surface area (Å²) in [6, 6.07) is 9.10. The Hall–Kier alpha value is -1.90. The van der Waals surface area contributed by atoms with Crippen molar-refractivity contribution in [1.29, 1.82) is 0 Å². The van der Waals surface area contributed by atoms with Crippen LogP contribution in [-0.4, -0.2) is 16.1 Å². The number of pyridine rings is 1. The number of carbonyl (C=O) groups is 1. The van der Waals surface area contributed by atoms with Crippen molar-refractivity contribution in [3.63, 3.8) is 0 Å². The number of aryl methyl sites for hydroxylation is 1. The van der Waals surface area contributed by atoms with Gasteiger partial charge in [0.15, 0.2) is 0 Å². The van der Waals surface area contributed by atoms with Gasteiger partial charge in [-0.25, -0.2) is 9.78 Å². The summed E-state index contributed by atoms with van der Waals surface area (Å²) in [5.41, 5.74) is 1.76. The standard InChI is InChI=1S/C11H9NO2.C2H6/c1-7-6-10(11(13)14)12-9-5-3-2-4-8(7)9;1-2/h2-6H,1H3,(H,13,14);1-2H3. The lowest BCUT2D eigenvalue weighted by Crippen LogP contribution is -2.01. The number of aromatic nitrogens is 1. The van der Waals surface area contributed by atoms with Gasteiger partial charge in [-0.1, -0.05) is 32.0 Å². The molecule has 16 heavy (non-hydrogen) atoms. The Kier molecular flexibility index (Phi) is 4.00. The fourth-order valence-electron chi connectivity index (χ4n) is 1.46. The summed E-state index contributed by atoms with van der Waals surface area (Å²) in [6.07, 6.45) is 0. The van der Waals surface area contributed by atoms with Crippen molar-refractivity contribution in [3.05, 3.63) is 41.6 Å². The molecule has 0 unspecified atom stereocenters. The third kappa shape index (κ3) is 2.37. The minimum absolute atomic E-state index is 0.0983. The van der Waals surface area contributed by atoms with Crippen LogP contribution >= 0.6 is 0 Å². The van der Waals surface area contributed by atoms with Crippen molar-refractivity contribution < 1.29 is 9.90 Å². The highest BCUT2D eigenvalue weighted by molar-refractivity contribution is 5.91. The number of nitrogens with zero attached hydrogens (tertiary/aromatic N) is 1. The molecular weight excluding hydrogens is 202 g/mol. The van der Waals surface area contributed by atoms with E-state index in [1.165, 1.54) is 0 Å². The predicted octanol–water partition coefficient (Wildman–Crippen LogP) is 3.27. The average molecular weight is 217 g/mol. The fraction of sp³-hybridized carbons (Fsp3) is 0.231. The van der Waals surface area contributed by atoms with E-state index in [4.69, 9.17) is 5.11 Å². The van der Waals surface area contributed by atoms with Crippen molar-refractivity contribution in [2.45, 2.75) is 20.8 Å². The molecule has 0 atom stereocenters. The highest BCUT2D eigenvalue weighted by Crippen LogP contribution is 2.16. The maximum atomic E-state index is 10.7. The number of carboxylic acid groups (broad SMARTS) is 1. The van der Waals surface area contributed by atoms with Crippen LogP contribution in [0.4, 0.5) is 0 Å². The average Bonchev–Trinajstić information content (AvgIpc) is 2.31. The first kappa shape index (κ1) is 12.2. The van der Waals surface area contributed by atoms with Crippen LogP contribution in [0.3, 0.4) is 0 Å². The Morgan fingerprint density at radius 1 is 1.25 bits per heavy atom. The number of aromatic carboxylic acids is 1. The van der Waals surface area contributed by atoms with Gasteiger partial charge in [-0.05, 0) is 24.6 Å². The van der Waals surface area contributed by atoms with E-state index < -0.39 is 5.97 Å². The Morgan fingerprint density at radius 3 is 2.50 bits per heavy atom. The molecule has 0 saturated carbocycles. The van der Waals surface area contributed by atoms with Gasteiger partial charge in [0.2, 0.25) is 0 Å². The predicted molar refractivity (Wildman–Crippen MR) is 64.8 cm³/mol. The number of fused-ring (bicyclic) bond motifs is 1. The zero-order chi connectivity index (χ0) is 12.1. The van der Waals surface area contributed by atoms with Gasteiger partial charge in [0.25, 0.3) is 0 Å². The Morgan fingerprint density at radius 2 is 1.88 bits per heavy atom. The smallest absolute Gasteiger partial charge is 0.354 e. The normalized spacial score (nSPS) is 9.44. The summed E-state index contributed by atoms with van der Waals surface area (Å²) < 4.78 is 0. The zero-order valence-corrected chi connectivity index (χ0v) is 9.69. The van der Waals surface area contributed by atoms with Gasteiger partial charge in [0.1, 0.15) is 5.69 Å². The molecule has 2 aromatic rings. The quantitative estimate of drug-likeness (QED) is 0.797. The zero-order valence-electron chi connectivity index (χ0n) is 9.69. The van der Waals surface area contributed by atoms with Crippen molar-refractivity contribution >= 4 is 16.9 Å². The molecule has 0 aliphatic rings. The molecule has 2 rings (SSSR count). The second-order valence-electron chi connectivity index (χ2n) is 3.15. The van der Waals surface area contributed by atoms with Crippen LogP contribution in [0.5, 0.6) is 0 Å². The first-order valence-corrected chi connectivity index (χ1v) is 5.28. The van der Waals surface area contributed by atoms with Crippen LogP contribution in [0.15, 0.2) is 30.3 Å². The highest BCUT2D eigenvalue weighted by Gasteiger charge is 2.07. The summed E-state index contributed by atoms with van der Waals surface area (Å²) >= 11 is 0. The van der Waals surface area contributed by atoms with E-state index in [1.54, 1.807) is 6.07 Å². The minimum atomic E-state index is -0.987. The van der Waals surface area contributed by atoms with Gasteiger partial charge in [-0.3, -0.25) is 0 Å². The fourth-order valence-corrected chi connectivity index (χ4v) is 1.46. The molecule has 0 fully saturated rings. The summed E-state index contributed by atoms with van der Waals surface area (Å²) in [4.78, 5) is 14.8. The first-order chi connectivity index (χ1) is 7.68. The molecule has 0 bridgehead atoms. The van der Waals surface area contributed by atoms with E-state index in [2.05, 4.69) is 4.98 Å². The molecule has 1 aromatic heterocycles. The van der Waals surface area contributed by atoms with Crippen LogP contribution < -0.4 is 0 Å². The van der Waals surface area contributed by atoms with Crippen LogP contribution in [-0.2, 0) is 0 Å². The molecule has 1 aromatic carbocycles. The lowest BCUT2D eigenvalue weighted by Gasteiger charge is -2.02. The lowest BCUT2D eigenvalue weighted by molar-refractivity contribution is 0.0691. The Balaban J connectivity index is 0.000000606. The van der Waals surface area contributed by atoms with Gasteiger partial charge >= 0.3 is 5.97 Å². The number of rotatable bonds is 1. The SMILES string of the molecule is CC.Cc1cc(C(=O)O)nc2ccccc12. The van der Waals surface area contributed by atoms with Crippen molar-refractivity contribution in [3.8, 4) is 0 Å². The third-order valence-electron chi connectivity index (χ3n) is 2.14. The molecule has 0 aliphatic heterocycles. The van der Waals surface area contributed by atoms with E-state index in [9.17, 15) is 4.79 Å². The van der Waals surface area contributed by atoms with Crippen LogP contribution in [0.2, 0.25) is 0 Å². The van der Waals surface area contributed by atoms with E-state index in [0.717, 1.165) is 16.5 Å². The van der Waals surface area contributed by atoms with Crippen molar-refractivity contribution in [2.75, 3.05) is 0 Å². The topological polar surface area (TPSA) is 50.2 Å². The molecule has 0 saturated heterocycles. The maximum Gasteiger partial charge on any atom is 0.354 e. The third-order valence-corrected chi connectivity index (χ3v) is 2.14. The van der Waals surface area contributed by atoms with Crippen molar-refractivity contribution in [1.82, 2.24) is 4.98 Å². The number of carboxylic acids is 1. The van der Waals surface area contributed by atoms with E-state index in [1.807, 2.05) is 45.0 Å². The van der Waals surface area contributed by atoms with Gasteiger partial charge in [0, 0.05) is 5.39 Å². The molecule has 1 N–H and O–H groups in total. The molecular formula is C13H15NO2. The molecule has 0 aliphatic carbocycles. The molecule has 0 radical (unpaired) electrons. The van der Waals surface area contributed by atoms with E-state index >= 15 is 0 Å². The number of benzene rings is 1. The second-order valence-corrected chi connectivity index (χ2v) is 3.15. The summed E-state index contributed by atoms with van der Waals surface area (Å²) in [7, 11) is 0. The summed E-state index contributed by atoms with van der Waals surface area (Å²) in [5, 5.41) is 9.80. The van der Waals surface area contributed by atoms with E-state index in [-0.39, 0.29) is 5.69 Å². The monoisotopic (exact) mass is 217 g/mol. The highest BCUT2D eigenvalue weighted by atomic mass is 16.4. The summed E-state index contributed by atoms with van der Waals surface area (Å²) in [5.74, 6) is -0.987. The molecule has 3 heteroatoms. The molecule has 0 spiro atoms. The summed E-state index contributed by atoms with van der Waals surface area (Å²) in [6.45, 7) is 5.89. The number of para-hydroxylation sites is 1. The molecule has 0 amide bonds. The van der Waals surface area contributed by atoms with Crippen LogP contribution in [0, 0.1) is 6.92 Å². The lowest BCUT2D eigenvalue weighted by atomic mass is 10.1. The molecule has 3 nitrogen and oxygen atoms in total. The first-order valence-electron chi connectivity index (χ1n) is 5.28. The van der Waals surface area contributed by atoms with Gasteiger partial charge < -0.3 is 5.11 Å². The van der Waals surface area contributed by atoms with Gasteiger partial charge in [-0.15, -0.1) is 0 Å². The number of hydrogen-bond donors (Lipinski definition) is 1. The largest absolute Gasteiger partial charge is 0.477 e. The Labute approximate surface area is 94.8 Å². The molecule has 1 heterocycles. The Bertz CT molecular complexity index is 506. The van der Waals surface area contributed by atoms with Crippen LogP contribution in [0.1, 0.15) is 29.9 Å². The maximum absolute atomic E-state index is 10.7. The molecule has 84 valence electrons. The second kappa shape index (κ2) is 5.26. The van der Waals surface area contributed by atoms with Gasteiger partial charge in [-0.2, -0.15) is 0 Å². The number of hydrogen-bond acceptors (Lipinski definition) is 2.